The van der Waals surface area contributed by atoms with E-state index in [-0.39, 0.29) is 11.5 Å². The molecule has 1 saturated carbocycles. The highest BCUT2D eigenvalue weighted by Crippen LogP contribution is 2.49. The van der Waals surface area contributed by atoms with Crippen LogP contribution in [0.15, 0.2) is 24.3 Å². The van der Waals surface area contributed by atoms with E-state index in [1.54, 1.807) is 0 Å². The van der Waals surface area contributed by atoms with Gasteiger partial charge in [0.05, 0.1) is 6.10 Å². The van der Waals surface area contributed by atoms with Gasteiger partial charge >= 0.3 is 0 Å². The number of rotatable bonds is 0. The van der Waals surface area contributed by atoms with Gasteiger partial charge in [-0.2, -0.15) is 0 Å². The van der Waals surface area contributed by atoms with Crippen molar-refractivity contribution in [3.05, 3.63) is 35.4 Å². The predicted molar refractivity (Wildman–Crippen MR) is 65.5 cm³/mol. The van der Waals surface area contributed by atoms with Crippen molar-refractivity contribution in [2.24, 2.45) is 5.92 Å². The largest absolute Gasteiger partial charge is 0.393 e. The summed E-state index contributed by atoms with van der Waals surface area (Å²) in [5.41, 5.74) is 3.24. The maximum absolute atomic E-state index is 10.2. The van der Waals surface area contributed by atoms with Gasteiger partial charge in [0, 0.05) is 0 Å². The predicted octanol–water partition coefficient (Wildman–Crippen LogP) is 3.05. The lowest BCUT2D eigenvalue weighted by molar-refractivity contribution is 0.0103. The molecule has 86 valence electrons. The second kappa shape index (κ2) is 3.59. The molecule has 0 heterocycles. The topological polar surface area (TPSA) is 20.2 Å². The Bertz CT molecular complexity index is 398. The van der Waals surface area contributed by atoms with Gasteiger partial charge in [-0.15, -0.1) is 0 Å². The lowest BCUT2D eigenvalue weighted by Crippen LogP contribution is -2.46. The van der Waals surface area contributed by atoms with Crippen LogP contribution < -0.4 is 0 Å². The minimum atomic E-state index is -0.0768. The molecule has 1 N–H and O–H groups in total. The van der Waals surface area contributed by atoms with Gasteiger partial charge in [0.2, 0.25) is 0 Å². The van der Waals surface area contributed by atoms with Crippen molar-refractivity contribution in [2.45, 2.75) is 50.5 Å². The zero-order valence-electron chi connectivity index (χ0n) is 9.95. The molecule has 1 nitrogen and oxygen atoms in total. The van der Waals surface area contributed by atoms with E-state index in [4.69, 9.17) is 0 Å². The summed E-state index contributed by atoms with van der Waals surface area (Å²) in [5, 5.41) is 10.2. The summed E-state index contributed by atoms with van der Waals surface area (Å²) in [6, 6.07) is 8.83. The molecule has 1 heteroatoms. The second-order valence-corrected chi connectivity index (χ2v) is 5.68. The minimum Gasteiger partial charge on any atom is -0.393 e. The fraction of sp³-hybridized carbons (Fsp3) is 0.600. The summed E-state index contributed by atoms with van der Waals surface area (Å²) in [6.07, 6.45) is 5.64. The number of benzene rings is 1. The first kappa shape index (κ1) is 10.3. The van der Waals surface area contributed by atoms with E-state index >= 15 is 0 Å². The molecule has 1 aromatic rings. The normalized spacial score (nSPS) is 37.6. The zero-order valence-corrected chi connectivity index (χ0v) is 9.95. The number of aliphatic hydroxyl groups excluding tert-OH is 1. The Labute approximate surface area is 97.5 Å². The molecule has 0 spiro atoms. The Morgan fingerprint density at radius 3 is 2.94 bits per heavy atom. The van der Waals surface area contributed by atoms with Crippen molar-refractivity contribution in [1.82, 2.24) is 0 Å². The molecule has 3 rings (SSSR count). The van der Waals surface area contributed by atoms with Gasteiger partial charge < -0.3 is 5.11 Å². The molecule has 0 aliphatic heterocycles. The Morgan fingerprint density at radius 2 is 2.06 bits per heavy atom. The van der Waals surface area contributed by atoms with Gasteiger partial charge in [-0.3, -0.25) is 0 Å². The van der Waals surface area contributed by atoms with Crippen LogP contribution in [0.5, 0.6) is 0 Å². The maximum atomic E-state index is 10.2. The lowest BCUT2D eigenvalue weighted by Gasteiger charge is -2.48. The van der Waals surface area contributed by atoms with Crippen molar-refractivity contribution in [3.63, 3.8) is 0 Å². The first-order valence-electron chi connectivity index (χ1n) is 6.48. The Hall–Kier alpha value is -0.820. The first-order valence-corrected chi connectivity index (χ1v) is 6.48. The Balaban J connectivity index is 2.09. The average Bonchev–Trinajstić information content (AvgIpc) is 2.29. The molecular formula is C15H20O. The van der Waals surface area contributed by atoms with E-state index in [2.05, 4.69) is 31.2 Å². The van der Waals surface area contributed by atoms with Crippen LogP contribution in [-0.4, -0.2) is 11.2 Å². The molecule has 16 heavy (non-hydrogen) atoms. The first-order chi connectivity index (χ1) is 7.72. The third kappa shape index (κ3) is 1.34. The summed E-state index contributed by atoms with van der Waals surface area (Å²) >= 11 is 0. The summed E-state index contributed by atoms with van der Waals surface area (Å²) in [6.45, 7) is 2.36. The molecular weight excluding hydrogens is 196 g/mol. The number of fused-ring (bicyclic) bond motifs is 3. The molecule has 2 aliphatic rings. The third-order valence-corrected chi connectivity index (χ3v) is 4.84. The second-order valence-electron chi connectivity index (χ2n) is 5.68. The highest BCUT2D eigenvalue weighted by molar-refractivity contribution is 5.38. The van der Waals surface area contributed by atoms with Crippen molar-refractivity contribution >= 4 is 0 Å². The minimum absolute atomic E-state index is 0.0768. The fourth-order valence-electron chi connectivity index (χ4n) is 3.94. The van der Waals surface area contributed by atoms with E-state index in [0.717, 1.165) is 19.3 Å². The van der Waals surface area contributed by atoms with Gasteiger partial charge in [0.15, 0.2) is 0 Å². The highest BCUT2D eigenvalue weighted by Gasteiger charge is 2.45. The molecule has 0 aromatic heterocycles. The van der Waals surface area contributed by atoms with Crippen LogP contribution >= 0.6 is 0 Å². The quantitative estimate of drug-likeness (QED) is 0.706. The highest BCUT2D eigenvalue weighted by atomic mass is 16.3. The van der Waals surface area contributed by atoms with E-state index < -0.39 is 0 Å². The van der Waals surface area contributed by atoms with Crippen LogP contribution in [0.3, 0.4) is 0 Å². The van der Waals surface area contributed by atoms with E-state index in [1.165, 1.54) is 24.0 Å². The summed E-state index contributed by atoms with van der Waals surface area (Å²) in [7, 11) is 0. The number of hydrogen-bond donors (Lipinski definition) is 1. The van der Waals surface area contributed by atoms with Gasteiger partial charge in [-0.05, 0) is 54.6 Å². The molecule has 3 atom stereocenters. The number of aryl methyl sites for hydroxylation is 1. The van der Waals surface area contributed by atoms with Gasteiger partial charge in [0.1, 0.15) is 0 Å². The molecule has 0 bridgehead atoms. The summed E-state index contributed by atoms with van der Waals surface area (Å²) in [4.78, 5) is 0. The van der Waals surface area contributed by atoms with Crippen molar-refractivity contribution < 1.29 is 5.11 Å². The summed E-state index contributed by atoms with van der Waals surface area (Å²) < 4.78 is 0. The molecule has 0 saturated heterocycles. The van der Waals surface area contributed by atoms with E-state index in [9.17, 15) is 5.11 Å². The van der Waals surface area contributed by atoms with Crippen molar-refractivity contribution in [2.75, 3.05) is 0 Å². The van der Waals surface area contributed by atoms with Gasteiger partial charge in [-0.25, -0.2) is 0 Å². The maximum Gasteiger partial charge on any atom is 0.0576 e. The van der Waals surface area contributed by atoms with Crippen LogP contribution in [0.2, 0.25) is 0 Å². The van der Waals surface area contributed by atoms with E-state index in [1.807, 2.05) is 0 Å². The monoisotopic (exact) mass is 216 g/mol. The molecule has 0 unspecified atom stereocenters. The smallest absolute Gasteiger partial charge is 0.0576 e. The van der Waals surface area contributed by atoms with Crippen LogP contribution in [0.25, 0.3) is 0 Å². The van der Waals surface area contributed by atoms with Crippen LogP contribution in [-0.2, 0) is 11.8 Å². The number of hydrogen-bond acceptors (Lipinski definition) is 1. The van der Waals surface area contributed by atoms with Gasteiger partial charge in [-0.1, -0.05) is 31.2 Å². The summed E-state index contributed by atoms with van der Waals surface area (Å²) in [5.74, 6) is 0.483. The zero-order chi connectivity index (χ0) is 11.2. The Morgan fingerprint density at radius 1 is 1.25 bits per heavy atom. The molecule has 0 amide bonds. The Kier molecular flexibility index (Phi) is 2.32. The van der Waals surface area contributed by atoms with Gasteiger partial charge in [0.25, 0.3) is 0 Å². The van der Waals surface area contributed by atoms with Crippen molar-refractivity contribution in [3.8, 4) is 0 Å². The molecule has 1 aromatic carbocycles. The van der Waals surface area contributed by atoms with E-state index in [0.29, 0.717) is 5.92 Å². The average molecular weight is 216 g/mol. The molecule has 1 fully saturated rings. The SMILES string of the molecule is C[C@@]12CCC[C@@H](O)[C@H]1CCc1ccccc12. The molecule has 2 aliphatic carbocycles. The van der Waals surface area contributed by atoms with Crippen LogP contribution in [0.4, 0.5) is 0 Å². The van der Waals surface area contributed by atoms with Crippen LogP contribution in [0, 0.1) is 5.92 Å². The number of aliphatic hydroxyl groups is 1. The van der Waals surface area contributed by atoms with Crippen LogP contribution in [0.1, 0.15) is 43.7 Å². The fourth-order valence-corrected chi connectivity index (χ4v) is 3.94. The molecule has 0 radical (unpaired) electrons. The van der Waals surface area contributed by atoms with Crippen molar-refractivity contribution in [1.29, 1.82) is 0 Å². The third-order valence-electron chi connectivity index (χ3n) is 4.84. The standard InChI is InChI=1S/C15H20O/c1-15-10-4-7-14(16)13(15)9-8-11-5-2-3-6-12(11)15/h2-3,5-6,13-14,16H,4,7-10H2,1H3/t13-,14-,15+/m1/s1. The lowest BCUT2D eigenvalue weighted by atomic mass is 9.57.